The molecule has 1 saturated heterocycles. The van der Waals surface area contributed by atoms with E-state index in [0.717, 1.165) is 17.5 Å². The van der Waals surface area contributed by atoms with Crippen LogP contribution in [0.3, 0.4) is 0 Å². The monoisotopic (exact) mass is 443 g/mol. The highest BCUT2D eigenvalue weighted by Gasteiger charge is 2.32. The third-order valence-corrected chi connectivity index (χ3v) is 6.05. The average molecular weight is 444 g/mol. The quantitative estimate of drug-likeness (QED) is 0.536. The minimum atomic E-state index is -0.233. The number of amides is 3. The highest BCUT2D eigenvalue weighted by Crippen LogP contribution is 2.33. The van der Waals surface area contributed by atoms with Crippen molar-refractivity contribution in [3.63, 3.8) is 0 Å². The number of aryl methyl sites for hydroxylation is 1. The number of carbonyl (C=O) groups is 2. The van der Waals surface area contributed by atoms with Crippen molar-refractivity contribution in [2.75, 3.05) is 30.4 Å². The summed E-state index contributed by atoms with van der Waals surface area (Å²) < 4.78 is 5.17. The Hall–Kier alpha value is -3.80. The van der Waals surface area contributed by atoms with Gasteiger partial charge in [0.2, 0.25) is 0 Å². The van der Waals surface area contributed by atoms with Gasteiger partial charge in [0.1, 0.15) is 5.75 Å². The van der Waals surface area contributed by atoms with Crippen molar-refractivity contribution in [1.29, 1.82) is 0 Å². The average Bonchev–Trinajstić information content (AvgIpc) is 2.85. The fraction of sp³-hybridized carbons (Fsp3) is 0.259. The molecule has 3 amide bonds. The maximum Gasteiger partial charge on any atom is 0.325 e. The molecular weight excluding hydrogens is 414 g/mol. The van der Waals surface area contributed by atoms with Crippen molar-refractivity contribution in [1.82, 2.24) is 4.90 Å². The molecule has 0 unspecified atom stereocenters. The van der Waals surface area contributed by atoms with Crippen LogP contribution in [0.1, 0.15) is 40.9 Å². The number of anilines is 2. The lowest BCUT2D eigenvalue weighted by Gasteiger charge is -2.39. The molecule has 33 heavy (non-hydrogen) atoms. The summed E-state index contributed by atoms with van der Waals surface area (Å²) in [5, 5.41) is 3.01. The van der Waals surface area contributed by atoms with Crippen LogP contribution in [0.4, 0.5) is 16.2 Å². The zero-order valence-corrected chi connectivity index (χ0v) is 19.2. The van der Waals surface area contributed by atoms with Gasteiger partial charge in [-0.2, -0.15) is 0 Å². The Morgan fingerprint density at radius 1 is 1.00 bits per heavy atom. The standard InChI is InChI=1S/C27H29N3O3/c1-19-10-15-25(24(18-19)28-26(31)22-11-13-23(33-3)14-12-22)30-17-7-16-29(27(30)32)20(2)21-8-5-4-6-9-21/h4-6,8-15,18,20H,7,16-17H2,1-3H3,(H,28,31)/t20-/m1/s1. The summed E-state index contributed by atoms with van der Waals surface area (Å²) in [5.41, 5.74) is 3.95. The van der Waals surface area contributed by atoms with Gasteiger partial charge in [0.15, 0.2) is 0 Å². The normalized spacial score (nSPS) is 14.7. The molecule has 1 heterocycles. The van der Waals surface area contributed by atoms with E-state index in [-0.39, 0.29) is 18.0 Å². The van der Waals surface area contributed by atoms with Gasteiger partial charge >= 0.3 is 6.03 Å². The number of methoxy groups -OCH3 is 1. The second-order valence-electron chi connectivity index (χ2n) is 8.27. The van der Waals surface area contributed by atoms with Gasteiger partial charge in [0, 0.05) is 18.7 Å². The van der Waals surface area contributed by atoms with E-state index in [1.807, 2.05) is 60.4 Å². The molecule has 6 nitrogen and oxygen atoms in total. The largest absolute Gasteiger partial charge is 0.497 e. The molecule has 3 aromatic rings. The second-order valence-corrected chi connectivity index (χ2v) is 8.27. The number of nitrogens with zero attached hydrogens (tertiary/aromatic N) is 2. The van der Waals surface area contributed by atoms with Crippen molar-refractivity contribution < 1.29 is 14.3 Å². The van der Waals surface area contributed by atoms with Crippen molar-refractivity contribution in [2.24, 2.45) is 0 Å². The maximum atomic E-state index is 13.5. The van der Waals surface area contributed by atoms with E-state index in [9.17, 15) is 9.59 Å². The van der Waals surface area contributed by atoms with Crippen LogP contribution < -0.4 is 15.0 Å². The summed E-state index contributed by atoms with van der Waals surface area (Å²) in [4.78, 5) is 30.1. The fourth-order valence-corrected chi connectivity index (χ4v) is 4.16. The van der Waals surface area contributed by atoms with E-state index in [2.05, 4.69) is 12.2 Å². The lowest BCUT2D eigenvalue weighted by atomic mass is 10.1. The molecule has 1 atom stereocenters. The number of rotatable bonds is 6. The lowest BCUT2D eigenvalue weighted by Crippen LogP contribution is -2.50. The fourth-order valence-electron chi connectivity index (χ4n) is 4.16. The Bertz CT molecular complexity index is 1130. The zero-order chi connectivity index (χ0) is 23.4. The van der Waals surface area contributed by atoms with Crippen LogP contribution >= 0.6 is 0 Å². The van der Waals surface area contributed by atoms with Gasteiger partial charge in [-0.1, -0.05) is 36.4 Å². The van der Waals surface area contributed by atoms with Crippen LogP contribution in [0.2, 0.25) is 0 Å². The first-order chi connectivity index (χ1) is 16.0. The van der Waals surface area contributed by atoms with E-state index in [4.69, 9.17) is 4.74 Å². The van der Waals surface area contributed by atoms with Gasteiger partial charge in [0.25, 0.3) is 5.91 Å². The number of hydrogen-bond donors (Lipinski definition) is 1. The van der Waals surface area contributed by atoms with Crippen LogP contribution in [0, 0.1) is 6.92 Å². The molecule has 0 radical (unpaired) electrons. The summed E-state index contributed by atoms with van der Waals surface area (Å²) in [7, 11) is 1.59. The van der Waals surface area contributed by atoms with Crippen molar-refractivity contribution >= 4 is 23.3 Å². The molecule has 4 rings (SSSR count). The third-order valence-electron chi connectivity index (χ3n) is 6.05. The molecule has 0 saturated carbocycles. The summed E-state index contributed by atoms with van der Waals surface area (Å²) in [6.45, 7) is 5.32. The van der Waals surface area contributed by atoms with E-state index in [1.54, 1.807) is 36.3 Å². The summed E-state index contributed by atoms with van der Waals surface area (Å²) in [5.74, 6) is 0.456. The van der Waals surface area contributed by atoms with Crippen LogP contribution in [-0.4, -0.2) is 37.0 Å². The minimum Gasteiger partial charge on any atom is -0.497 e. The Morgan fingerprint density at radius 3 is 2.42 bits per heavy atom. The highest BCUT2D eigenvalue weighted by atomic mass is 16.5. The van der Waals surface area contributed by atoms with E-state index in [1.165, 1.54) is 0 Å². The molecule has 1 aliphatic heterocycles. The SMILES string of the molecule is COc1ccc(C(=O)Nc2cc(C)ccc2N2CCCN([C@H](C)c3ccccc3)C2=O)cc1. The molecule has 6 heteroatoms. The first-order valence-electron chi connectivity index (χ1n) is 11.2. The molecular formula is C27H29N3O3. The van der Waals surface area contributed by atoms with Crippen molar-refractivity contribution in [3.05, 3.63) is 89.5 Å². The molecule has 0 bridgehead atoms. The summed E-state index contributed by atoms with van der Waals surface area (Å²) >= 11 is 0. The lowest BCUT2D eigenvalue weighted by molar-refractivity contribution is 0.102. The molecule has 1 N–H and O–H groups in total. The highest BCUT2D eigenvalue weighted by molar-refractivity contribution is 6.07. The van der Waals surface area contributed by atoms with E-state index < -0.39 is 0 Å². The van der Waals surface area contributed by atoms with Crippen LogP contribution in [0.25, 0.3) is 0 Å². The number of benzene rings is 3. The Labute approximate surface area is 194 Å². The Kier molecular flexibility index (Phi) is 6.63. The van der Waals surface area contributed by atoms with Crippen LogP contribution in [0.15, 0.2) is 72.8 Å². The van der Waals surface area contributed by atoms with Crippen molar-refractivity contribution in [2.45, 2.75) is 26.3 Å². The molecule has 0 spiro atoms. The molecule has 0 aromatic heterocycles. The first-order valence-corrected chi connectivity index (χ1v) is 11.2. The van der Waals surface area contributed by atoms with E-state index >= 15 is 0 Å². The number of carbonyl (C=O) groups excluding carboxylic acids is 2. The van der Waals surface area contributed by atoms with E-state index in [0.29, 0.717) is 35.8 Å². The zero-order valence-electron chi connectivity index (χ0n) is 19.2. The van der Waals surface area contributed by atoms with Gasteiger partial charge in [-0.05, 0) is 67.8 Å². The number of ether oxygens (including phenoxy) is 1. The summed E-state index contributed by atoms with van der Waals surface area (Å²) in [6.07, 6.45) is 0.850. The van der Waals surface area contributed by atoms with Gasteiger partial charge < -0.3 is 15.0 Å². The number of hydrogen-bond acceptors (Lipinski definition) is 3. The third kappa shape index (κ3) is 4.85. The Morgan fingerprint density at radius 2 is 1.73 bits per heavy atom. The smallest absolute Gasteiger partial charge is 0.325 e. The maximum absolute atomic E-state index is 13.5. The van der Waals surface area contributed by atoms with Gasteiger partial charge in [-0.3, -0.25) is 9.69 Å². The number of nitrogens with one attached hydrogen (secondary N) is 1. The molecule has 3 aromatic carbocycles. The van der Waals surface area contributed by atoms with Crippen LogP contribution in [0.5, 0.6) is 5.75 Å². The predicted molar refractivity (Wildman–Crippen MR) is 131 cm³/mol. The Balaban J connectivity index is 1.59. The summed E-state index contributed by atoms with van der Waals surface area (Å²) in [6, 6.07) is 22.7. The minimum absolute atomic E-state index is 0.0377. The topological polar surface area (TPSA) is 61.9 Å². The predicted octanol–water partition coefficient (Wildman–Crippen LogP) is 5.65. The van der Waals surface area contributed by atoms with Crippen molar-refractivity contribution in [3.8, 4) is 5.75 Å². The molecule has 1 aliphatic rings. The molecule has 0 aliphatic carbocycles. The molecule has 1 fully saturated rings. The van der Waals surface area contributed by atoms with Gasteiger partial charge in [0.05, 0.1) is 24.5 Å². The second kappa shape index (κ2) is 9.77. The molecule has 170 valence electrons. The van der Waals surface area contributed by atoms with Gasteiger partial charge in [-0.25, -0.2) is 4.79 Å². The first kappa shape index (κ1) is 22.4. The van der Waals surface area contributed by atoms with Crippen LogP contribution in [-0.2, 0) is 0 Å². The number of urea groups is 1. The van der Waals surface area contributed by atoms with Gasteiger partial charge in [-0.15, -0.1) is 0 Å².